The number of anilines is 2. The molecular weight excluding hydrogens is 380 g/mol. The standard InChI is InChI=1S/C20H21BrN2O2/c21-20(14-8-3-9-15-20)18(24)23(17-12-6-2-7-13-17)19(25)22-16-10-4-1-5-11-16/h1-2,4-7,10-13H,3,8-9,14-15H2,(H,22,25). The number of hydrogen-bond donors (Lipinski definition) is 1. The maximum atomic E-state index is 13.3. The van der Waals surface area contributed by atoms with E-state index in [-0.39, 0.29) is 5.91 Å². The van der Waals surface area contributed by atoms with Gasteiger partial charge in [-0.05, 0) is 37.1 Å². The summed E-state index contributed by atoms with van der Waals surface area (Å²) >= 11 is 3.64. The van der Waals surface area contributed by atoms with E-state index in [0.29, 0.717) is 11.4 Å². The van der Waals surface area contributed by atoms with Crippen molar-refractivity contribution < 1.29 is 9.59 Å². The van der Waals surface area contributed by atoms with E-state index < -0.39 is 10.4 Å². The monoisotopic (exact) mass is 400 g/mol. The Balaban J connectivity index is 1.90. The van der Waals surface area contributed by atoms with Crippen LogP contribution in [-0.2, 0) is 4.79 Å². The molecule has 0 unspecified atom stereocenters. The van der Waals surface area contributed by atoms with Crippen molar-refractivity contribution in [3.8, 4) is 0 Å². The van der Waals surface area contributed by atoms with E-state index in [1.54, 1.807) is 24.3 Å². The largest absolute Gasteiger partial charge is 0.333 e. The Kier molecular flexibility index (Phi) is 5.53. The first-order valence-electron chi connectivity index (χ1n) is 8.55. The predicted octanol–water partition coefficient (Wildman–Crippen LogP) is 5.35. The second-order valence-corrected chi connectivity index (χ2v) is 7.82. The summed E-state index contributed by atoms with van der Waals surface area (Å²) in [6.45, 7) is 0. The van der Waals surface area contributed by atoms with Crippen molar-refractivity contribution in [1.82, 2.24) is 0 Å². The van der Waals surface area contributed by atoms with Crippen LogP contribution in [0.3, 0.4) is 0 Å². The van der Waals surface area contributed by atoms with Crippen LogP contribution in [0.4, 0.5) is 16.2 Å². The summed E-state index contributed by atoms with van der Waals surface area (Å²) in [6, 6.07) is 17.8. The maximum Gasteiger partial charge on any atom is 0.333 e. The summed E-state index contributed by atoms with van der Waals surface area (Å²) in [6.07, 6.45) is 4.59. The van der Waals surface area contributed by atoms with Crippen LogP contribution in [0.15, 0.2) is 60.7 Å². The van der Waals surface area contributed by atoms with E-state index in [1.807, 2.05) is 36.4 Å². The van der Waals surface area contributed by atoms with Crippen molar-refractivity contribution >= 4 is 39.2 Å². The van der Waals surface area contributed by atoms with E-state index in [2.05, 4.69) is 21.2 Å². The average molecular weight is 401 g/mol. The van der Waals surface area contributed by atoms with Crippen molar-refractivity contribution in [2.45, 2.75) is 36.4 Å². The lowest BCUT2D eigenvalue weighted by Gasteiger charge is -2.34. The van der Waals surface area contributed by atoms with Gasteiger partial charge in [0.05, 0.1) is 5.69 Å². The summed E-state index contributed by atoms with van der Waals surface area (Å²) in [7, 11) is 0. The summed E-state index contributed by atoms with van der Waals surface area (Å²) < 4.78 is -0.672. The van der Waals surface area contributed by atoms with Crippen LogP contribution in [-0.4, -0.2) is 16.3 Å². The first-order valence-corrected chi connectivity index (χ1v) is 9.34. The van der Waals surface area contributed by atoms with Crippen LogP contribution < -0.4 is 10.2 Å². The molecule has 5 heteroatoms. The van der Waals surface area contributed by atoms with Gasteiger partial charge in [-0.3, -0.25) is 4.79 Å². The molecule has 0 spiro atoms. The first kappa shape index (κ1) is 17.7. The van der Waals surface area contributed by atoms with Crippen LogP contribution in [0.2, 0.25) is 0 Å². The van der Waals surface area contributed by atoms with Gasteiger partial charge in [0.15, 0.2) is 0 Å². The van der Waals surface area contributed by atoms with Gasteiger partial charge >= 0.3 is 6.03 Å². The molecule has 130 valence electrons. The number of para-hydroxylation sites is 2. The Morgan fingerprint density at radius 3 is 2.04 bits per heavy atom. The van der Waals surface area contributed by atoms with E-state index in [1.165, 1.54) is 4.90 Å². The number of rotatable bonds is 3. The molecule has 0 atom stereocenters. The highest BCUT2D eigenvalue weighted by Crippen LogP contribution is 2.38. The third kappa shape index (κ3) is 4.10. The molecule has 0 heterocycles. The van der Waals surface area contributed by atoms with Crippen molar-refractivity contribution in [3.05, 3.63) is 60.7 Å². The zero-order chi connectivity index (χ0) is 17.7. The Hall–Kier alpha value is -2.14. The van der Waals surface area contributed by atoms with Crippen LogP contribution in [0.5, 0.6) is 0 Å². The molecule has 0 saturated heterocycles. The number of urea groups is 1. The van der Waals surface area contributed by atoms with E-state index in [4.69, 9.17) is 0 Å². The molecule has 1 saturated carbocycles. The number of imide groups is 1. The highest BCUT2D eigenvalue weighted by molar-refractivity contribution is 9.10. The minimum absolute atomic E-state index is 0.202. The minimum atomic E-state index is -0.672. The van der Waals surface area contributed by atoms with Crippen molar-refractivity contribution in [2.24, 2.45) is 0 Å². The van der Waals surface area contributed by atoms with Gasteiger partial charge in [0.25, 0.3) is 5.91 Å². The lowest BCUT2D eigenvalue weighted by molar-refractivity contribution is -0.120. The highest BCUT2D eigenvalue weighted by atomic mass is 79.9. The van der Waals surface area contributed by atoms with Crippen LogP contribution >= 0.6 is 15.9 Å². The highest BCUT2D eigenvalue weighted by Gasteiger charge is 2.42. The molecule has 2 aromatic rings. The zero-order valence-electron chi connectivity index (χ0n) is 14.0. The normalized spacial score (nSPS) is 16.0. The maximum absolute atomic E-state index is 13.3. The molecule has 25 heavy (non-hydrogen) atoms. The van der Waals surface area contributed by atoms with Gasteiger partial charge < -0.3 is 5.32 Å². The minimum Gasteiger partial charge on any atom is -0.307 e. The Morgan fingerprint density at radius 1 is 0.880 bits per heavy atom. The molecule has 0 aromatic heterocycles. The summed E-state index contributed by atoms with van der Waals surface area (Å²) in [4.78, 5) is 27.4. The molecule has 0 aliphatic heterocycles. The van der Waals surface area contributed by atoms with E-state index >= 15 is 0 Å². The number of halogens is 1. The number of hydrogen-bond acceptors (Lipinski definition) is 2. The third-order valence-electron chi connectivity index (χ3n) is 4.48. The molecule has 1 aliphatic carbocycles. The van der Waals surface area contributed by atoms with Gasteiger partial charge in [-0.2, -0.15) is 0 Å². The second kappa shape index (κ2) is 7.83. The second-order valence-electron chi connectivity index (χ2n) is 6.30. The third-order valence-corrected chi connectivity index (χ3v) is 5.61. The van der Waals surface area contributed by atoms with Gasteiger partial charge in [0.1, 0.15) is 4.32 Å². The number of nitrogens with zero attached hydrogens (tertiary/aromatic N) is 1. The molecule has 3 rings (SSSR count). The molecule has 0 radical (unpaired) electrons. The number of nitrogens with one attached hydrogen (secondary N) is 1. The lowest BCUT2D eigenvalue weighted by Crippen LogP contribution is -2.50. The van der Waals surface area contributed by atoms with Gasteiger partial charge in [-0.25, -0.2) is 9.69 Å². The number of carbonyl (C=O) groups excluding carboxylic acids is 2. The number of amides is 3. The van der Waals surface area contributed by atoms with Crippen LogP contribution in [0, 0.1) is 0 Å². The first-order chi connectivity index (χ1) is 12.1. The fraction of sp³-hybridized carbons (Fsp3) is 0.300. The van der Waals surface area contributed by atoms with Crippen molar-refractivity contribution in [3.63, 3.8) is 0 Å². The summed E-state index contributed by atoms with van der Waals surface area (Å²) in [5.41, 5.74) is 1.24. The smallest absolute Gasteiger partial charge is 0.307 e. The van der Waals surface area contributed by atoms with Crippen molar-refractivity contribution in [2.75, 3.05) is 10.2 Å². The number of benzene rings is 2. The van der Waals surface area contributed by atoms with Gasteiger partial charge in [-0.15, -0.1) is 0 Å². The Bertz CT molecular complexity index is 728. The quantitative estimate of drug-likeness (QED) is 0.705. The summed E-state index contributed by atoms with van der Waals surface area (Å²) in [5, 5.41) is 2.82. The molecule has 1 N–H and O–H groups in total. The number of carbonyl (C=O) groups is 2. The molecule has 3 amide bonds. The number of alkyl halides is 1. The molecule has 1 fully saturated rings. The van der Waals surface area contributed by atoms with Gasteiger partial charge in [0, 0.05) is 5.69 Å². The fourth-order valence-electron chi connectivity index (χ4n) is 3.13. The molecule has 0 bridgehead atoms. The predicted molar refractivity (Wildman–Crippen MR) is 104 cm³/mol. The Labute approximate surface area is 156 Å². The van der Waals surface area contributed by atoms with Crippen LogP contribution in [0.1, 0.15) is 32.1 Å². The molecule has 4 nitrogen and oxygen atoms in total. The SMILES string of the molecule is O=C(Nc1ccccc1)N(C(=O)C1(Br)CCCCC1)c1ccccc1. The molecule has 2 aromatic carbocycles. The van der Waals surface area contributed by atoms with Gasteiger partial charge in [0.2, 0.25) is 0 Å². The van der Waals surface area contributed by atoms with E-state index in [9.17, 15) is 9.59 Å². The zero-order valence-corrected chi connectivity index (χ0v) is 15.5. The van der Waals surface area contributed by atoms with Crippen molar-refractivity contribution in [1.29, 1.82) is 0 Å². The van der Waals surface area contributed by atoms with E-state index in [0.717, 1.165) is 32.1 Å². The Morgan fingerprint density at radius 2 is 1.44 bits per heavy atom. The lowest BCUT2D eigenvalue weighted by atomic mass is 9.88. The average Bonchev–Trinajstić information content (AvgIpc) is 2.64. The van der Waals surface area contributed by atoms with Crippen LogP contribution in [0.25, 0.3) is 0 Å². The topological polar surface area (TPSA) is 49.4 Å². The molecular formula is C20H21BrN2O2. The molecule has 1 aliphatic rings. The fourth-order valence-corrected chi connectivity index (χ4v) is 3.87. The van der Waals surface area contributed by atoms with Gasteiger partial charge in [-0.1, -0.05) is 71.6 Å². The summed E-state index contributed by atoms with van der Waals surface area (Å²) in [5.74, 6) is -0.202.